The maximum absolute atomic E-state index is 6.04. The van der Waals surface area contributed by atoms with Gasteiger partial charge < -0.3 is 22.9 Å². The van der Waals surface area contributed by atoms with Crippen LogP contribution >= 0.6 is 0 Å². The molecular formula is C14H18N4. The fourth-order valence-corrected chi connectivity index (χ4v) is 2.26. The van der Waals surface area contributed by atoms with Crippen LogP contribution in [0.25, 0.3) is 11.1 Å². The fraction of sp³-hybridized carbons (Fsp3) is 0.143. The van der Waals surface area contributed by atoms with Crippen molar-refractivity contribution in [2.75, 3.05) is 22.9 Å². The molecule has 0 saturated heterocycles. The summed E-state index contributed by atoms with van der Waals surface area (Å²) in [5.74, 6) is 0. The molecule has 94 valence electrons. The second kappa shape index (κ2) is 4.14. The number of hydrogen-bond donors (Lipinski definition) is 4. The van der Waals surface area contributed by atoms with Crippen LogP contribution in [-0.2, 0) is 0 Å². The van der Waals surface area contributed by atoms with Crippen molar-refractivity contribution in [3.05, 3.63) is 35.4 Å². The maximum Gasteiger partial charge on any atom is 0.0418 e. The van der Waals surface area contributed by atoms with Crippen molar-refractivity contribution in [2.24, 2.45) is 0 Å². The molecule has 0 radical (unpaired) electrons. The summed E-state index contributed by atoms with van der Waals surface area (Å²) in [6.45, 7) is 3.89. The lowest BCUT2D eigenvalue weighted by molar-refractivity contribution is 1.45. The molecule has 0 fully saturated rings. The molecule has 0 atom stereocenters. The predicted molar refractivity (Wildman–Crippen MR) is 79.0 cm³/mol. The lowest BCUT2D eigenvalue weighted by Gasteiger charge is -2.16. The molecule has 2 rings (SSSR count). The Balaban J connectivity index is 2.78. The number of nitrogen functional groups attached to an aromatic ring is 4. The van der Waals surface area contributed by atoms with Gasteiger partial charge in [-0.3, -0.25) is 0 Å². The van der Waals surface area contributed by atoms with Crippen molar-refractivity contribution >= 4 is 22.7 Å². The van der Waals surface area contributed by atoms with Gasteiger partial charge in [0.25, 0.3) is 0 Å². The molecule has 0 aliphatic heterocycles. The second-order valence-corrected chi connectivity index (χ2v) is 4.64. The van der Waals surface area contributed by atoms with Gasteiger partial charge in [-0.25, -0.2) is 0 Å². The summed E-state index contributed by atoms with van der Waals surface area (Å²) in [7, 11) is 0. The van der Waals surface area contributed by atoms with Crippen molar-refractivity contribution in [3.8, 4) is 11.1 Å². The minimum Gasteiger partial charge on any atom is -0.398 e. The Kier molecular flexibility index (Phi) is 2.79. The lowest BCUT2D eigenvalue weighted by atomic mass is 9.95. The molecule has 0 aliphatic rings. The Morgan fingerprint density at radius 2 is 0.778 bits per heavy atom. The first kappa shape index (κ1) is 12.1. The number of anilines is 4. The summed E-state index contributed by atoms with van der Waals surface area (Å²) in [6, 6.07) is 7.46. The molecule has 0 heterocycles. The third kappa shape index (κ3) is 1.93. The van der Waals surface area contributed by atoms with Gasteiger partial charge in [0.1, 0.15) is 0 Å². The summed E-state index contributed by atoms with van der Waals surface area (Å²) >= 11 is 0. The molecule has 0 aromatic heterocycles. The van der Waals surface area contributed by atoms with E-state index in [4.69, 9.17) is 22.9 Å². The van der Waals surface area contributed by atoms with Gasteiger partial charge in [-0.15, -0.1) is 0 Å². The smallest absolute Gasteiger partial charge is 0.0418 e. The van der Waals surface area contributed by atoms with Crippen LogP contribution in [0, 0.1) is 13.8 Å². The molecule has 4 heteroatoms. The highest BCUT2D eigenvalue weighted by Gasteiger charge is 2.14. The predicted octanol–water partition coefficient (Wildman–Crippen LogP) is 2.30. The SMILES string of the molecule is Cc1cc(N)c(-c2c(N)cc(C)cc2N)c(N)c1. The summed E-state index contributed by atoms with van der Waals surface area (Å²) in [6.07, 6.45) is 0. The van der Waals surface area contributed by atoms with E-state index in [2.05, 4.69) is 0 Å². The zero-order valence-corrected chi connectivity index (χ0v) is 10.6. The highest BCUT2D eigenvalue weighted by Crippen LogP contribution is 2.40. The average molecular weight is 242 g/mol. The van der Waals surface area contributed by atoms with Gasteiger partial charge in [0, 0.05) is 33.9 Å². The van der Waals surface area contributed by atoms with Crippen LogP contribution in [0.1, 0.15) is 11.1 Å². The Bertz CT molecular complexity index is 516. The third-order valence-corrected chi connectivity index (χ3v) is 2.94. The number of nitrogens with two attached hydrogens (primary N) is 4. The number of benzene rings is 2. The van der Waals surface area contributed by atoms with Crippen molar-refractivity contribution in [1.29, 1.82) is 0 Å². The Morgan fingerprint density at radius 3 is 1.00 bits per heavy atom. The van der Waals surface area contributed by atoms with E-state index >= 15 is 0 Å². The third-order valence-electron chi connectivity index (χ3n) is 2.94. The molecule has 0 aliphatic carbocycles. The van der Waals surface area contributed by atoms with Crippen molar-refractivity contribution in [1.82, 2.24) is 0 Å². The van der Waals surface area contributed by atoms with Crippen LogP contribution in [0.2, 0.25) is 0 Å². The molecule has 0 amide bonds. The zero-order chi connectivity index (χ0) is 13.4. The first-order valence-electron chi connectivity index (χ1n) is 5.71. The van der Waals surface area contributed by atoms with E-state index in [1.165, 1.54) is 0 Å². The maximum atomic E-state index is 6.04. The molecule has 2 aromatic rings. The van der Waals surface area contributed by atoms with Gasteiger partial charge in [-0.05, 0) is 49.2 Å². The molecule has 0 spiro atoms. The molecule has 18 heavy (non-hydrogen) atoms. The van der Waals surface area contributed by atoms with Crippen LogP contribution in [0.5, 0.6) is 0 Å². The first-order valence-corrected chi connectivity index (χ1v) is 5.71. The minimum atomic E-state index is 0.592. The standard InChI is InChI=1S/C14H18N4/c1-7-3-9(15)13(10(16)4-7)14-11(17)5-8(2)6-12(14)18/h3-6H,15-18H2,1-2H3. The monoisotopic (exact) mass is 242 g/mol. The van der Waals surface area contributed by atoms with Crippen LogP contribution < -0.4 is 22.9 Å². The summed E-state index contributed by atoms with van der Waals surface area (Å²) < 4.78 is 0. The van der Waals surface area contributed by atoms with E-state index in [0.29, 0.717) is 22.7 Å². The van der Waals surface area contributed by atoms with Gasteiger partial charge in [0.05, 0.1) is 0 Å². The largest absolute Gasteiger partial charge is 0.398 e. The molecule has 4 nitrogen and oxygen atoms in total. The van der Waals surface area contributed by atoms with Gasteiger partial charge >= 0.3 is 0 Å². The quantitative estimate of drug-likeness (QED) is 0.576. The van der Waals surface area contributed by atoms with Gasteiger partial charge in [0.2, 0.25) is 0 Å². The van der Waals surface area contributed by atoms with Crippen LogP contribution in [-0.4, -0.2) is 0 Å². The van der Waals surface area contributed by atoms with Crippen molar-refractivity contribution in [3.63, 3.8) is 0 Å². The van der Waals surface area contributed by atoms with E-state index in [9.17, 15) is 0 Å². The Morgan fingerprint density at radius 1 is 0.556 bits per heavy atom. The number of hydrogen-bond acceptors (Lipinski definition) is 4. The molecular weight excluding hydrogens is 224 g/mol. The highest BCUT2D eigenvalue weighted by molar-refractivity contribution is 5.98. The molecule has 0 unspecified atom stereocenters. The van der Waals surface area contributed by atoms with E-state index in [1.807, 2.05) is 38.1 Å². The molecule has 2 aromatic carbocycles. The fourth-order valence-electron chi connectivity index (χ4n) is 2.26. The number of aryl methyl sites for hydroxylation is 2. The zero-order valence-electron chi connectivity index (χ0n) is 10.6. The highest BCUT2D eigenvalue weighted by atomic mass is 14.7. The van der Waals surface area contributed by atoms with Gasteiger partial charge in [-0.1, -0.05) is 0 Å². The Hall–Kier alpha value is -2.36. The summed E-state index contributed by atoms with van der Waals surface area (Å²) in [4.78, 5) is 0. The van der Waals surface area contributed by atoms with Crippen molar-refractivity contribution in [2.45, 2.75) is 13.8 Å². The molecule has 0 bridgehead atoms. The van der Waals surface area contributed by atoms with Gasteiger partial charge in [0.15, 0.2) is 0 Å². The molecule has 0 saturated carbocycles. The van der Waals surface area contributed by atoms with Crippen LogP contribution in [0.3, 0.4) is 0 Å². The first-order chi connectivity index (χ1) is 8.40. The Labute approximate surface area is 107 Å². The van der Waals surface area contributed by atoms with Gasteiger partial charge in [-0.2, -0.15) is 0 Å². The lowest BCUT2D eigenvalue weighted by Crippen LogP contribution is -2.03. The van der Waals surface area contributed by atoms with Crippen LogP contribution in [0.15, 0.2) is 24.3 Å². The van der Waals surface area contributed by atoms with Crippen LogP contribution in [0.4, 0.5) is 22.7 Å². The van der Waals surface area contributed by atoms with E-state index in [1.54, 1.807) is 0 Å². The summed E-state index contributed by atoms with van der Waals surface area (Å²) in [5, 5.41) is 0. The molecule has 8 N–H and O–H groups in total. The van der Waals surface area contributed by atoms with E-state index < -0.39 is 0 Å². The summed E-state index contributed by atoms with van der Waals surface area (Å²) in [5.41, 5.74) is 30.0. The van der Waals surface area contributed by atoms with E-state index in [0.717, 1.165) is 22.3 Å². The minimum absolute atomic E-state index is 0.592. The van der Waals surface area contributed by atoms with Crippen molar-refractivity contribution < 1.29 is 0 Å². The topological polar surface area (TPSA) is 104 Å². The van der Waals surface area contributed by atoms with E-state index in [-0.39, 0.29) is 0 Å². The number of rotatable bonds is 1. The normalized spacial score (nSPS) is 10.6. The average Bonchev–Trinajstić information content (AvgIpc) is 2.20. The second-order valence-electron chi connectivity index (χ2n) is 4.64.